The van der Waals surface area contributed by atoms with Crippen molar-refractivity contribution in [2.75, 3.05) is 0 Å². The fourth-order valence-corrected chi connectivity index (χ4v) is 7.71. The summed E-state index contributed by atoms with van der Waals surface area (Å²) in [7, 11) is -7.10. The quantitative estimate of drug-likeness (QED) is 0.303. The van der Waals surface area contributed by atoms with E-state index in [-0.39, 0.29) is 42.4 Å². The van der Waals surface area contributed by atoms with Crippen LogP contribution in [-0.4, -0.2) is 48.6 Å². The van der Waals surface area contributed by atoms with Gasteiger partial charge >= 0.3 is 39.4 Å². The number of Topliss-reactive ketones (excluding diaryl/α,β-unsaturated/α-hetero) is 1. The molecule has 0 saturated heterocycles. The van der Waals surface area contributed by atoms with Gasteiger partial charge < -0.3 is 9.29 Å². The Morgan fingerprint density at radius 2 is 1.65 bits per heavy atom. The molecule has 2 saturated carbocycles. The molecule has 0 heterocycles. The Morgan fingerprint density at radius 3 is 2.23 bits per heavy atom. The molecule has 224 valence electrons. The number of aliphatic carboxylic acids is 1. The molecule has 1 N–H and O–H groups in total. The van der Waals surface area contributed by atoms with Gasteiger partial charge in [-0.25, -0.2) is 0 Å². The molecule has 0 bridgehead atoms. The fraction of sp³-hybridized carbons (Fsp3) is 0.667. The van der Waals surface area contributed by atoms with Gasteiger partial charge in [-0.3, -0.25) is 9.59 Å². The molecule has 0 aliphatic heterocycles. The molecule has 0 amide bonds. The molecule has 40 heavy (non-hydrogen) atoms. The van der Waals surface area contributed by atoms with Crippen molar-refractivity contribution in [3.63, 3.8) is 0 Å². The fourth-order valence-electron chi connectivity index (χ4n) is 6.80. The number of hydrogen-bond acceptors (Lipinski definition) is 5. The van der Waals surface area contributed by atoms with Crippen LogP contribution in [0.4, 0.5) is 39.5 Å². The number of alkyl halides is 9. The van der Waals surface area contributed by atoms with Gasteiger partial charge in [-0.15, -0.1) is 0 Å². The molecule has 1 aromatic rings. The van der Waals surface area contributed by atoms with E-state index >= 15 is 0 Å². The standard InChI is InChI=1S/C24H23F9O6S/c1-20-10-12(9-18(35)36)19-14-5-3-13(8-11(14)2-4-15(19)16(20)6-7-17(20)34)39-40(37,38)24(32,33)22(27,28)21(25,26)23(29,30)31/h3,5,8,12,15-16,19H,2,4,6-7,9-10H2,1H3,(H,35,36)/t12?,15-,16-,19+,20-/m0/s1. The van der Waals surface area contributed by atoms with Gasteiger partial charge in [0.25, 0.3) is 0 Å². The maximum atomic E-state index is 14.1. The summed E-state index contributed by atoms with van der Waals surface area (Å²) >= 11 is 0. The molecule has 16 heteroatoms. The molecule has 3 aliphatic rings. The Labute approximate surface area is 222 Å². The monoisotopic (exact) mass is 610 g/mol. The Morgan fingerprint density at radius 1 is 1.02 bits per heavy atom. The second-order valence-corrected chi connectivity index (χ2v) is 12.4. The van der Waals surface area contributed by atoms with Crippen molar-refractivity contribution in [2.45, 2.75) is 74.6 Å². The van der Waals surface area contributed by atoms with Crippen molar-refractivity contribution in [3.8, 4) is 5.75 Å². The summed E-state index contributed by atoms with van der Waals surface area (Å²) < 4.78 is 147. The maximum absolute atomic E-state index is 14.1. The first-order chi connectivity index (χ1) is 18.1. The van der Waals surface area contributed by atoms with Crippen molar-refractivity contribution in [2.24, 2.45) is 23.2 Å². The summed E-state index contributed by atoms with van der Waals surface area (Å²) in [4.78, 5) is 24.3. The third-order valence-electron chi connectivity index (χ3n) is 8.60. The van der Waals surface area contributed by atoms with E-state index in [0.29, 0.717) is 24.8 Å². The number of rotatable bonds is 7. The van der Waals surface area contributed by atoms with Crippen LogP contribution in [0.1, 0.15) is 56.1 Å². The van der Waals surface area contributed by atoms with Crippen LogP contribution in [0.3, 0.4) is 0 Å². The number of aryl methyl sites for hydroxylation is 1. The third-order valence-corrected chi connectivity index (χ3v) is 9.90. The Kier molecular flexibility index (Phi) is 7.03. The molecule has 3 aliphatic carbocycles. The lowest BCUT2D eigenvalue weighted by Crippen LogP contribution is -2.63. The molecular weight excluding hydrogens is 587 g/mol. The van der Waals surface area contributed by atoms with Gasteiger partial charge in [0.15, 0.2) is 0 Å². The minimum atomic E-state index is -7.42. The molecule has 5 atom stereocenters. The zero-order valence-corrected chi connectivity index (χ0v) is 21.4. The summed E-state index contributed by atoms with van der Waals surface area (Å²) in [5.41, 5.74) is 0.0351. The number of carboxylic acid groups (broad SMARTS) is 1. The van der Waals surface area contributed by atoms with Crippen LogP contribution in [0, 0.1) is 23.2 Å². The zero-order valence-electron chi connectivity index (χ0n) is 20.6. The Hall–Kier alpha value is -2.52. The van der Waals surface area contributed by atoms with E-state index in [1.165, 1.54) is 6.07 Å². The minimum absolute atomic E-state index is 0.0277. The first-order valence-corrected chi connectivity index (χ1v) is 13.5. The van der Waals surface area contributed by atoms with Crippen LogP contribution >= 0.6 is 0 Å². The van der Waals surface area contributed by atoms with E-state index in [2.05, 4.69) is 4.18 Å². The number of carbonyl (C=O) groups is 2. The van der Waals surface area contributed by atoms with Crippen molar-refractivity contribution in [1.82, 2.24) is 0 Å². The first kappa shape index (κ1) is 30.4. The van der Waals surface area contributed by atoms with Crippen LogP contribution < -0.4 is 4.18 Å². The molecule has 1 aromatic carbocycles. The molecule has 0 spiro atoms. The average molecular weight is 610 g/mol. The highest BCUT2D eigenvalue weighted by Gasteiger charge is 2.86. The lowest BCUT2D eigenvalue weighted by molar-refractivity contribution is -0.382. The van der Waals surface area contributed by atoms with E-state index < -0.39 is 62.4 Å². The van der Waals surface area contributed by atoms with Gasteiger partial charge in [-0.05, 0) is 72.6 Å². The van der Waals surface area contributed by atoms with Gasteiger partial charge in [0.05, 0.1) is 0 Å². The second kappa shape index (κ2) is 9.24. The number of halogens is 9. The van der Waals surface area contributed by atoms with Crippen LogP contribution in [0.15, 0.2) is 18.2 Å². The predicted octanol–water partition coefficient (Wildman–Crippen LogP) is 5.95. The predicted molar refractivity (Wildman–Crippen MR) is 118 cm³/mol. The Balaban J connectivity index is 1.67. The van der Waals surface area contributed by atoms with E-state index in [1.807, 2.05) is 0 Å². The normalized spacial score (nSPS) is 29.4. The van der Waals surface area contributed by atoms with Crippen molar-refractivity contribution < 1.29 is 66.8 Å². The van der Waals surface area contributed by atoms with Crippen molar-refractivity contribution in [1.29, 1.82) is 0 Å². The lowest BCUT2D eigenvalue weighted by Gasteiger charge is -2.52. The summed E-state index contributed by atoms with van der Waals surface area (Å²) in [5.74, 6) is -18.2. The van der Waals surface area contributed by atoms with Crippen LogP contribution in [0.2, 0.25) is 0 Å². The molecule has 0 radical (unpaired) electrons. The van der Waals surface area contributed by atoms with Gasteiger partial charge in [0.1, 0.15) is 11.5 Å². The minimum Gasteiger partial charge on any atom is -0.481 e. The number of fused-ring (bicyclic) bond motifs is 5. The van der Waals surface area contributed by atoms with Gasteiger partial charge in [-0.1, -0.05) is 13.0 Å². The third kappa shape index (κ3) is 4.35. The van der Waals surface area contributed by atoms with Crippen molar-refractivity contribution >= 4 is 21.9 Å². The largest absolute Gasteiger partial charge is 0.481 e. The zero-order chi connectivity index (χ0) is 30.3. The second-order valence-electron chi connectivity index (χ2n) is 10.8. The first-order valence-electron chi connectivity index (χ1n) is 12.1. The highest BCUT2D eigenvalue weighted by Crippen LogP contribution is 2.62. The lowest BCUT2D eigenvalue weighted by atomic mass is 9.51. The summed E-state index contributed by atoms with van der Waals surface area (Å²) in [6.07, 6.45) is -5.81. The molecule has 1 unspecified atom stereocenters. The van der Waals surface area contributed by atoms with Crippen molar-refractivity contribution in [3.05, 3.63) is 29.3 Å². The Bertz CT molecular complexity index is 1330. The maximum Gasteiger partial charge on any atom is 0.460 e. The van der Waals surface area contributed by atoms with E-state index in [0.717, 1.165) is 12.1 Å². The summed E-state index contributed by atoms with van der Waals surface area (Å²) in [5, 5.41) is 2.50. The molecule has 2 fully saturated rings. The molecule has 6 nitrogen and oxygen atoms in total. The van der Waals surface area contributed by atoms with Gasteiger partial charge in [-0.2, -0.15) is 47.9 Å². The highest BCUT2D eigenvalue weighted by molar-refractivity contribution is 7.88. The van der Waals surface area contributed by atoms with E-state index in [9.17, 15) is 62.6 Å². The SMILES string of the molecule is C[C@]12CC(CC(=O)O)[C@@H]3c4ccc(OS(=O)(=O)C(F)(F)C(F)(F)C(F)(F)C(F)(F)F)cc4CC[C@H]3[C@@H]1CCC2=O. The average Bonchev–Trinajstić information content (AvgIpc) is 3.10. The number of carbonyl (C=O) groups excluding carboxylic acids is 1. The molecular formula is C24H23F9O6S. The van der Waals surface area contributed by atoms with Gasteiger partial charge in [0, 0.05) is 18.3 Å². The molecule has 4 rings (SSSR count). The number of ketones is 1. The summed E-state index contributed by atoms with van der Waals surface area (Å²) in [6.45, 7) is 1.80. The van der Waals surface area contributed by atoms with Gasteiger partial charge in [0.2, 0.25) is 0 Å². The number of hydrogen-bond donors (Lipinski definition) is 1. The number of benzene rings is 1. The van der Waals surface area contributed by atoms with Crippen LogP contribution in [0.25, 0.3) is 0 Å². The van der Waals surface area contributed by atoms with Crippen LogP contribution in [-0.2, 0) is 26.1 Å². The van der Waals surface area contributed by atoms with E-state index in [1.54, 1.807) is 6.92 Å². The smallest absolute Gasteiger partial charge is 0.460 e. The number of carboxylic acids is 1. The highest BCUT2D eigenvalue weighted by atomic mass is 32.2. The van der Waals surface area contributed by atoms with Crippen LogP contribution in [0.5, 0.6) is 5.75 Å². The molecule has 0 aromatic heterocycles. The van der Waals surface area contributed by atoms with E-state index in [4.69, 9.17) is 0 Å². The summed E-state index contributed by atoms with van der Waals surface area (Å²) in [6, 6.07) is 2.82. The topological polar surface area (TPSA) is 97.7 Å².